The fraction of sp³-hybridized carbons (Fsp3) is 0.571. The number of hydrogen-bond donors (Lipinski definition) is 1. The molecule has 0 radical (unpaired) electrons. The van der Waals surface area contributed by atoms with E-state index in [1.807, 2.05) is 0 Å². The minimum atomic E-state index is 0.398. The third kappa shape index (κ3) is 1.42. The Kier molecular flexibility index (Phi) is 2.21. The van der Waals surface area contributed by atoms with E-state index in [4.69, 9.17) is 0 Å². The minimum Gasteiger partial charge on any atom is -0.307 e. The maximum absolute atomic E-state index is 4.43. The summed E-state index contributed by atoms with van der Waals surface area (Å²) in [7, 11) is 0. The molecule has 0 spiro atoms. The van der Waals surface area contributed by atoms with E-state index in [1.54, 1.807) is 0 Å². The van der Waals surface area contributed by atoms with E-state index >= 15 is 0 Å². The molecular weight excluding hydrogens is 224 g/mol. The van der Waals surface area contributed by atoms with E-state index < -0.39 is 0 Å². The molecule has 1 aliphatic heterocycles. The first-order chi connectivity index (χ1) is 8.83. The highest BCUT2D eigenvalue weighted by Gasteiger charge is 2.41. The molecule has 2 aromatic heterocycles. The van der Waals surface area contributed by atoms with E-state index in [-0.39, 0.29) is 0 Å². The molecular formula is C14H18N4. The number of pyridine rings is 1. The van der Waals surface area contributed by atoms with Crippen LogP contribution in [0.5, 0.6) is 0 Å². The standard InChI is InChI=1S/C14H18N4/c1-9-5-6-18-12(7-9)16-17-14(18)13-11-4-2-3-10(11)8-15-13/h5-7,10-11,13,15H,2-4,8H2,1H3. The molecule has 1 aliphatic carbocycles. The monoisotopic (exact) mass is 242 g/mol. The zero-order chi connectivity index (χ0) is 12.1. The number of aryl methyl sites for hydroxylation is 1. The van der Waals surface area contributed by atoms with Crippen LogP contribution in [-0.2, 0) is 0 Å². The molecule has 3 heterocycles. The van der Waals surface area contributed by atoms with E-state index in [9.17, 15) is 0 Å². The molecule has 1 N–H and O–H groups in total. The van der Waals surface area contributed by atoms with Crippen molar-refractivity contribution >= 4 is 5.65 Å². The lowest BCUT2D eigenvalue weighted by molar-refractivity contribution is 0.405. The van der Waals surface area contributed by atoms with Crippen LogP contribution < -0.4 is 5.32 Å². The Hall–Kier alpha value is -1.42. The van der Waals surface area contributed by atoms with Crippen LogP contribution in [0.1, 0.15) is 36.7 Å². The van der Waals surface area contributed by atoms with Crippen molar-refractivity contribution in [3.05, 3.63) is 29.7 Å². The second-order valence-electron chi connectivity index (χ2n) is 5.73. The Morgan fingerprint density at radius 1 is 1.33 bits per heavy atom. The van der Waals surface area contributed by atoms with Gasteiger partial charge in [0.05, 0.1) is 6.04 Å². The quantitative estimate of drug-likeness (QED) is 0.832. The van der Waals surface area contributed by atoms with Crippen molar-refractivity contribution in [2.24, 2.45) is 11.8 Å². The van der Waals surface area contributed by atoms with Crippen LogP contribution in [0.3, 0.4) is 0 Å². The summed E-state index contributed by atoms with van der Waals surface area (Å²) < 4.78 is 2.14. The Morgan fingerprint density at radius 3 is 3.22 bits per heavy atom. The van der Waals surface area contributed by atoms with Crippen LogP contribution in [0.15, 0.2) is 18.3 Å². The predicted molar refractivity (Wildman–Crippen MR) is 69.3 cm³/mol. The first-order valence-corrected chi connectivity index (χ1v) is 6.87. The molecule has 18 heavy (non-hydrogen) atoms. The lowest BCUT2D eigenvalue weighted by Gasteiger charge is -2.16. The highest BCUT2D eigenvalue weighted by Crippen LogP contribution is 2.43. The Labute approximate surface area is 106 Å². The molecule has 4 rings (SSSR count). The maximum Gasteiger partial charge on any atom is 0.161 e. The molecule has 0 aromatic carbocycles. The molecule has 2 aliphatic rings. The Balaban J connectivity index is 1.78. The summed E-state index contributed by atoms with van der Waals surface area (Å²) >= 11 is 0. The molecule has 1 saturated carbocycles. The van der Waals surface area contributed by atoms with Crippen LogP contribution in [0.25, 0.3) is 5.65 Å². The summed E-state index contributed by atoms with van der Waals surface area (Å²) in [5.41, 5.74) is 2.20. The highest BCUT2D eigenvalue weighted by molar-refractivity contribution is 5.41. The van der Waals surface area contributed by atoms with Crippen LogP contribution in [0.2, 0.25) is 0 Å². The summed E-state index contributed by atoms with van der Waals surface area (Å²) in [4.78, 5) is 0. The van der Waals surface area contributed by atoms with E-state index in [1.165, 1.54) is 24.8 Å². The number of rotatable bonds is 1. The third-order valence-corrected chi connectivity index (χ3v) is 4.62. The Bertz CT molecular complexity index is 588. The number of aromatic nitrogens is 3. The van der Waals surface area contributed by atoms with Gasteiger partial charge in [0.25, 0.3) is 0 Å². The molecule has 0 amide bonds. The predicted octanol–water partition coefficient (Wildman–Crippen LogP) is 2.10. The topological polar surface area (TPSA) is 42.2 Å². The van der Waals surface area contributed by atoms with Gasteiger partial charge in [-0.1, -0.05) is 6.42 Å². The van der Waals surface area contributed by atoms with Gasteiger partial charge < -0.3 is 5.32 Å². The van der Waals surface area contributed by atoms with Gasteiger partial charge in [0.1, 0.15) is 0 Å². The van der Waals surface area contributed by atoms with Crippen molar-refractivity contribution in [3.63, 3.8) is 0 Å². The maximum atomic E-state index is 4.43. The summed E-state index contributed by atoms with van der Waals surface area (Å²) in [5.74, 6) is 2.71. The molecule has 0 bridgehead atoms. The van der Waals surface area contributed by atoms with Gasteiger partial charge in [-0.25, -0.2) is 0 Å². The summed E-state index contributed by atoms with van der Waals surface area (Å²) in [6.07, 6.45) is 6.19. The average molecular weight is 242 g/mol. The van der Waals surface area contributed by atoms with Gasteiger partial charge in [-0.3, -0.25) is 4.40 Å². The average Bonchev–Trinajstić information content (AvgIpc) is 3.01. The van der Waals surface area contributed by atoms with Crippen LogP contribution in [-0.4, -0.2) is 21.1 Å². The number of fused-ring (bicyclic) bond motifs is 2. The van der Waals surface area contributed by atoms with Gasteiger partial charge in [0.15, 0.2) is 11.5 Å². The summed E-state index contributed by atoms with van der Waals surface area (Å²) in [5, 5.41) is 12.4. The van der Waals surface area contributed by atoms with Gasteiger partial charge in [-0.05, 0) is 55.8 Å². The first-order valence-electron chi connectivity index (χ1n) is 6.87. The third-order valence-electron chi connectivity index (χ3n) is 4.62. The lowest BCUT2D eigenvalue weighted by atomic mass is 9.94. The van der Waals surface area contributed by atoms with Gasteiger partial charge in [-0.15, -0.1) is 10.2 Å². The highest BCUT2D eigenvalue weighted by atomic mass is 15.3. The van der Waals surface area contributed by atoms with Gasteiger partial charge in [0.2, 0.25) is 0 Å². The van der Waals surface area contributed by atoms with Crippen molar-refractivity contribution < 1.29 is 0 Å². The molecule has 1 saturated heterocycles. The van der Waals surface area contributed by atoms with Crippen LogP contribution in [0, 0.1) is 18.8 Å². The van der Waals surface area contributed by atoms with E-state index in [0.29, 0.717) is 6.04 Å². The zero-order valence-electron chi connectivity index (χ0n) is 10.6. The second kappa shape index (κ2) is 3.79. The second-order valence-corrected chi connectivity index (χ2v) is 5.73. The zero-order valence-corrected chi connectivity index (χ0v) is 10.6. The molecule has 94 valence electrons. The van der Waals surface area contributed by atoms with Crippen LogP contribution >= 0.6 is 0 Å². The Morgan fingerprint density at radius 2 is 2.28 bits per heavy atom. The van der Waals surface area contributed by atoms with Gasteiger partial charge in [-0.2, -0.15) is 0 Å². The summed E-state index contributed by atoms with van der Waals surface area (Å²) in [6, 6.07) is 4.62. The molecule has 3 unspecified atom stereocenters. The number of hydrogen-bond acceptors (Lipinski definition) is 3. The van der Waals surface area contributed by atoms with Crippen molar-refractivity contribution in [2.75, 3.05) is 6.54 Å². The normalized spacial score (nSPS) is 31.1. The largest absolute Gasteiger partial charge is 0.307 e. The summed E-state index contributed by atoms with van der Waals surface area (Å²) in [6.45, 7) is 3.24. The van der Waals surface area contributed by atoms with Gasteiger partial charge in [0, 0.05) is 6.20 Å². The fourth-order valence-electron chi connectivity index (χ4n) is 3.69. The molecule has 2 aromatic rings. The van der Waals surface area contributed by atoms with E-state index in [2.05, 4.69) is 45.2 Å². The minimum absolute atomic E-state index is 0.398. The van der Waals surface area contributed by atoms with Gasteiger partial charge >= 0.3 is 0 Å². The van der Waals surface area contributed by atoms with Crippen molar-refractivity contribution in [2.45, 2.75) is 32.2 Å². The van der Waals surface area contributed by atoms with Crippen molar-refractivity contribution in [1.29, 1.82) is 0 Å². The molecule has 2 fully saturated rings. The molecule has 4 heteroatoms. The SMILES string of the molecule is Cc1ccn2c(C3NCC4CCCC43)nnc2c1. The first kappa shape index (κ1) is 10.5. The van der Waals surface area contributed by atoms with Crippen molar-refractivity contribution in [3.8, 4) is 0 Å². The molecule has 3 atom stereocenters. The van der Waals surface area contributed by atoms with E-state index in [0.717, 1.165) is 29.9 Å². The number of nitrogens with zero attached hydrogens (tertiary/aromatic N) is 3. The fourth-order valence-corrected chi connectivity index (χ4v) is 3.69. The smallest absolute Gasteiger partial charge is 0.161 e. The van der Waals surface area contributed by atoms with Crippen molar-refractivity contribution in [1.82, 2.24) is 19.9 Å². The lowest BCUT2D eigenvalue weighted by Crippen LogP contribution is -2.20. The molecule has 4 nitrogen and oxygen atoms in total. The van der Waals surface area contributed by atoms with Crippen LogP contribution in [0.4, 0.5) is 0 Å². The number of nitrogens with one attached hydrogen (secondary N) is 1.